The summed E-state index contributed by atoms with van der Waals surface area (Å²) in [6.07, 6.45) is -0.303. The van der Waals surface area contributed by atoms with Crippen molar-refractivity contribution in [2.45, 2.75) is 31.7 Å². The van der Waals surface area contributed by atoms with Gasteiger partial charge < -0.3 is 10.6 Å². The second-order valence-electron chi connectivity index (χ2n) is 6.01. The van der Waals surface area contributed by atoms with Crippen LogP contribution in [0.4, 0.5) is 5.69 Å². The van der Waals surface area contributed by atoms with Crippen molar-refractivity contribution >= 4 is 27.5 Å². The molecule has 0 aliphatic rings. The molecule has 4 N–H and O–H groups in total. The lowest BCUT2D eigenvalue weighted by Gasteiger charge is -2.10. The molecule has 0 aliphatic carbocycles. The highest BCUT2D eigenvalue weighted by atomic mass is 32.2. The van der Waals surface area contributed by atoms with Crippen LogP contribution in [0.3, 0.4) is 0 Å². The standard InChI is InChI=1S/C18H21N3O4S/c1-12-3-4-13(2)16(9-12)21-18(23)10-17(22)20-11-14-5-7-15(8-6-14)26(19,24)25/h3-9H,10-11H2,1-2H3,(H,20,22)(H,21,23)(H2,19,24,25). The summed E-state index contributed by atoms with van der Waals surface area (Å²) in [4.78, 5) is 23.9. The lowest BCUT2D eigenvalue weighted by molar-refractivity contribution is -0.126. The molecule has 26 heavy (non-hydrogen) atoms. The number of nitrogens with one attached hydrogen (secondary N) is 2. The summed E-state index contributed by atoms with van der Waals surface area (Å²) in [5.41, 5.74) is 3.31. The van der Waals surface area contributed by atoms with E-state index in [-0.39, 0.29) is 17.9 Å². The number of anilines is 1. The van der Waals surface area contributed by atoms with E-state index < -0.39 is 21.8 Å². The zero-order chi connectivity index (χ0) is 19.3. The van der Waals surface area contributed by atoms with Crippen molar-refractivity contribution in [2.24, 2.45) is 5.14 Å². The Hall–Kier alpha value is -2.71. The van der Waals surface area contributed by atoms with Crippen LogP contribution in [0.5, 0.6) is 0 Å². The van der Waals surface area contributed by atoms with Crippen LogP contribution >= 0.6 is 0 Å². The first-order valence-electron chi connectivity index (χ1n) is 7.91. The molecular formula is C18H21N3O4S. The monoisotopic (exact) mass is 375 g/mol. The number of nitrogens with two attached hydrogens (primary N) is 1. The summed E-state index contributed by atoms with van der Waals surface area (Å²) in [7, 11) is -3.74. The molecule has 2 aromatic rings. The molecule has 2 amide bonds. The van der Waals surface area contributed by atoms with E-state index in [4.69, 9.17) is 5.14 Å². The van der Waals surface area contributed by atoms with E-state index in [0.29, 0.717) is 11.3 Å². The third-order valence-electron chi connectivity index (χ3n) is 3.73. The van der Waals surface area contributed by atoms with E-state index in [1.54, 1.807) is 12.1 Å². The molecule has 0 heterocycles. The summed E-state index contributed by atoms with van der Waals surface area (Å²) >= 11 is 0. The summed E-state index contributed by atoms with van der Waals surface area (Å²) in [5.74, 6) is -0.830. The normalized spacial score (nSPS) is 11.0. The van der Waals surface area contributed by atoms with E-state index in [9.17, 15) is 18.0 Å². The Morgan fingerprint density at radius 2 is 1.65 bits per heavy atom. The summed E-state index contributed by atoms with van der Waals surface area (Å²) in [5, 5.41) is 10.4. The maximum atomic E-state index is 12.0. The maximum Gasteiger partial charge on any atom is 0.238 e. The Morgan fingerprint density at radius 3 is 2.27 bits per heavy atom. The molecule has 0 atom stereocenters. The average molecular weight is 375 g/mol. The van der Waals surface area contributed by atoms with Gasteiger partial charge >= 0.3 is 0 Å². The Morgan fingerprint density at radius 1 is 1.00 bits per heavy atom. The van der Waals surface area contributed by atoms with Crippen molar-refractivity contribution < 1.29 is 18.0 Å². The number of carbonyl (C=O) groups is 2. The van der Waals surface area contributed by atoms with Crippen LogP contribution in [0.15, 0.2) is 47.4 Å². The van der Waals surface area contributed by atoms with Crippen LogP contribution in [0.2, 0.25) is 0 Å². The first-order chi connectivity index (χ1) is 12.1. The van der Waals surface area contributed by atoms with Gasteiger partial charge in [-0.2, -0.15) is 0 Å². The van der Waals surface area contributed by atoms with E-state index in [1.165, 1.54) is 12.1 Å². The van der Waals surface area contributed by atoms with Crippen LogP contribution in [-0.4, -0.2) is 20.2 Å². The maximum absolute atomic E-state index is 12.0. The largest absolute Gasteiger partial charge is 0.352 e. The molecule has 7 nitrogen and oxygen atoms in total. The number of amides is 2. The molecular weight excluding hydrogens is 354 g/mol. The molecule has 0 bridgehead atoms. The second kappa shape index (κ2) is 8.11. The van der Waals surface area contributed by atoms with Crippen molar-refractivity contribution in [1.82, 2.24) is 5.32 Å². The Kier molecular flexibility index (Phi) is 6.12. The van der Waals surface area contributed by atoms with Gasteiger partial charge in [0.25, 0.3) is 0 Å². The molecule has 2 rings (SSSR count). The van der Waals surface area contributed by atoms with Crippen LogP contribution in [0.25, 0.3) is 0 Å². The number of hydrogen-bond donors (Lipinski definition) is 3. The number of carbonyl (C=O) groups excluding carboxylic acids is 2. The third-order valence-corrected chi connectivity index (χ3v) is 4.66. The van der Waals surface area contributed by atoms with Crippen molar-refractivity contribution in [1.29, 1.82) is 0 Å². The number of benzene rings is 2. The molecule has 138 valence electrons. The minimum Gasteiger partial charge on any atom is -0.352 e. The van der Waals surface area contributed by atoms with Gasteiger partial charge in [-0.3, -0.25) is 9.59 Å². The molecule has 0 radical (unpaired) electrons. The Balaban J connectivity index is 1.86. The number of sulfonamides is 1. The van der Waals surface area contributed by atoms with Gasteiger partial charge in [0.15, 0.2) is 0 Å². The zero-order valence-electron chi connectivity index (χ0n) is 14.6. The number of aryl methyl sites for hydroxylation is 2. The SMILES string of the molecule is Cc1ccc(C)c(NC(=O)CC(=O)NCc2ccc(S(N)(=O)=O)cc2)c1. The Bertz CT molecular complexity index is 922. The minimum atomic E-state index is -3.74. The van der Waals surface area contributed by atoms with Crippen molar-refractivity contribution in [3.63, 3.8) is 0 Å². The minimum absolute atomic E-state index is 0.000443. The molecule has 0 saturated heterocycles. The first-order valence-corrected chi connectivity index (χ1v) is 9.45. The number of hydrogen-bond acceptors (Lipinski definition) is 4. The van der Waals surface area contributed by atoms with E-state index in [2.05, 4.69) is 10.6 Å². The Labute approximate surface area is 152 Å². The smallest absolute Gasteiger partial charge is 0.238 e. The molecule has 0 fully saturated rings. The van der Waals surface area contributed by atoms with Gasteiger partial charge in [-0.25, -0.2) is 13.6 Å². The first kappa shape index (κ1) is 19.6. The third kappa shape index (κ3) is 5.68. The van der Waals surface area contributed by atoms with Crippen LogP contribution in [0.1, 0.15) is 23.1 Å². The van der Waals surface area contributed by atoms with E-state index >= 15 is 0 Å². The molecule has 8 heteroatoms. The highest BCUT2D eigenvalue weighted by Gasteiger charge is 2.11. The van der Waals surface area contributed by atoms with Crippen LogP contribution in [0, 0.1) is 13.8 Å². The van der Waals surface area contributed by atoms with E-state index in [0.717, 1.165) is 11.1 Å². The van der Waals surface area contributed by atoms with Gasteiger partial charge in [-0.1, -0.05) is 24.3 Å². The van der Waals surface area contributed by atoms with Crippen LogP contribution in [-0.2, 0) is 26.2 Å². The fraction of sp³-hybridized carbons (Fsp3) is 0.222. The molecule has 0 spiro atoms. The molecule has 0 unspecified atom stereocenters. The fourth-order valence-electron chi connectivity index (χ4n) is 2.27. The number of primary sulfonamides is 1. The predicted octanol–water partition coefficient (Wildman–Crippen LogP) is 1.60. The van der Waals surface area contributed by atoms with Crippen molar-refractivity contribution in [3.8, 4) is 0 Å². The molecule has 0 aliphatic heterocycles. The average Bonchev–Trinajstić information content (AvgIpc) is 2.56. The van der Waals surface area contributed by atoms with Gasteiger partial charge in [0.1, 0.15) is 6.42 Å². The summed E-state index contributed by atoms with van der Waals surface area (Å²) in [6.45, 7) is 3.98. The molecule has 0 saturated carbocycles. The zero-order valence-corrected chi connectivity index (χ0v) is 15.4. The predicted molar refractivity (Wildman–Crippen MR) is 98.8 cm³/mol. The van der Waals surface area contributed by atoms with Gasteiger partial charge in [-0.15, -0.1) is 0 Å². The highest BCUT2D eigenvalue weighted by Crippen LogP contribution is 2.16. The summed E-state index contributed by atoms with van der Waals surface area (Å²) < 4.78 is 22.4. The topological polar surface area (TPSA) is 118 Å². The van der Waals surface area contributed by atoms with Crippen molar-refractivity contribution in [2.75, 3.05) is 5.32 Å². The molecule has 0 aromatic heterocycles. The van der Waals surface area contributed by atoms with E-state index in [1.807, 2.05) is 32.0 Å². The van der Waals surface area contributed by atoms with Gasteiger partial charge in [0.05, 0.1) is 4.90 Å². The summed E-state index contributed by atoms with van der Waals surface area (Å²) in [6, 6.07) is 11.5. The van der Waals surface area contributed by atoms with Gasteiger partial charge in [0.2, 0.25) is 21.8 Å². The van der Waals surface area contributed by atoms with Crippen LogP contribution < -0.4 is 15.8 Å². The van der Waals surface area contributed by atoms with Gasteiger partial charge in [0, 0.05) is 12.2 Å². The molecule has 2 aromatic carbocycles. The number of rotatable bonds is 6. The lowest BCUT2D eigenvalue weighted by atomic mass is 10.1. The van der Waals surface area contributed by atoms with Gasteiger partial charge in [-0.05, 0) is 48.7 Å². The van der Waals surface area contributed by atoms with Crippen molar-refractivity contribution in [3.05, 3.63) is 59.2 Å². The lowest BCUT2D eigenvalue weighted by Crippen LogP contribution is -2.28. The quantitative estimate of drug-likeness (QED) is 0.664. The second-order valence-corrected chi connectivity index (χ2v) is 7.57. The fourth-order valence-corrected chi connectivity index (χ4v) is 2.79. The highest BCUT2D eigenvalue weighted by molar-refractivity contribution is 7.89.